The Balaban J connectivity index is 1.80. The molecule has 80 valence electrons. The number of thioether (sulfide) groups is 1. The van der Waals surface area contributed by atoms with Crippen LogP contribution in [0.2, 0.25) is 0 Å². The highest BCUT2D eigenvalue weighted by Crippen LogP contribution is 2.15. The van der Waals surface area contributed by atoms with Gasteiger partial charge >= 0.3 is 0 Å². The molecule has 0 unspecified atom stereocenters. The van der Waals surface area contributed by atoms with Gasteiger partial charge in [0.2, 0.25) is 5.91 Å². The lowest BCUT2D eigenvalue weighted by molar-refractivity contribution is -0.925. The second kappa shape index (κ2) is 4.53. The fourth-order valence-corrected chi connectivity index (χ4v) is 3.68. The molecule has 2 rings (SSSR count). The van der Waals surface area contributed by atoms with Crippen molar-refractivity contribution in [2.75, 3.05) is 37.7 Å². The van der Waals surface area contributed by atoms with E-state index < -0.39 is 0 Å². The first kappa shape index (κ1) is 10.3. The van der Waals surface area contributed by atoms with Gasteiger partial charge in [-0.1, -0.05) is 0 Å². The quantitative estimate of drug-likeness (QED) is 0.622. The standard InChI is InChI=1S/C10H18N2OS/c1-9(13)11-3-5-12(6-4-11)10-2-7-14-8-10/h10H,2-8H2,1H3/p+1/t10-/m1/s1. The highest BCUT2D eigenvalue weighted by atomic mass is 32.2. The van der Waals surface area contributed by atoms with Crippen LogP contribution in [0, 0.1) is 0 Å². The molecule has 0 aromatic rings. The lowest BCUT2D eigenvalue weighted by atomic mass is 10.2. The van der Waals surface area contributed by atoms with Crippen LogP contribution < -0.4 is 4.90 Å². The number of amides is 1. The van der Waals surface area contributed by atoms with Crippen LogP contribution in [0.1, 0.15) is 13.3 Å². The minimum Gasteiger partial charge on any atom is -0.332 e. The van der Waals surface area contributed by atoms with E-state index in [9.17, 15) is 4.79 Å². The molecule has 2 saturated heterocycles. The maximum atomic E-state index is 11.1. The average molecular weight is 215 g/mol. The second-order valence-corrected chi connectivity index (χ2v) is 5.37. The molecule has 0 saturated carbocycles. The number of hydrogen-bond donors (Lipinski definition) is 1. The van der Waals surface area contributed by atoms with Crippen LogP contribution in [0.15, 0.2) is 0 Å². The van der Waals surface area contributed by atoms with Crippen molar-refractivity contribution < 1.29 is 9.69 Å². The van der Waals surface area contributed by atoms with Gasteiger partial charge in [0.05, 0.1) is 32.2 Å². The Morgan fingerprint density at radius 1 is 1.43 bits per heavy atom. The van der Waals surface area contributed by atoms with E-state index in [1.54, 1.807) is 11.8 Å². The molecular weight excluding hydrogens is 196 g/mol. The summed E-state index contributed by atoms with van der Waals surface area (Å²) in [5.41, 5.74) is 0. The number of nitrogens with one attached hydrogen (secondary N) is 1. The Morgan fingerprint density at radius 3 is 2.64 bits per heavy atom. The monoisotopic (exact) mass is 215 g/mol. The molecule has 0 radical (unpaired) electrons. The van der Waals surface area contributed by atoms with Gasteiger partial charge in [0.25, 0.3) is 0 Å². The van der Waals surface area contributed by atoms with Crippen molar-refractivity contribution >= 4 is 17.7 Å². The Labute approximate surface area is 89.8 Å². The normalized spacial score (nSPS) is 29.5. The number of nitrogens with zero attached hydrogens (tertiary/aromatic N) is 1. The fourth-order valence-electron chi connectivity index (χ4n) is 2.37. The zero-order valence-corrected chi connectivity index (χ0v) is 9.61. The Kier molecular flexibility index (Phi) is 3.34. The lowest BCUT2D eigenvalue weighted by Crippen LogP contribution is -3.18. The smallest absolute Gasteiger partial charge is 0.219 e. The number of rotatable bonds is 1. The van der Waals surface area contributed by atoms with E-state index in [1.165, 1.54) is 17.9 Å². The zero-order chi connectivity index (χ0) is 9.97. The molecule has 2 aliphatic rings. The summed E-state index contributed by atoms with van der Waals surface area (Å²) in [6.07, 6.45) is 1.38. The van der Waals surface area contributed by atoms with Crippen molar-refractivity contribution in [2.24, 2.45) is 0 Å². The van der Waals surface area contributed by atoms with Crippen LogP contribution in [-0.2, 0) is 4.79 Å². The minimum atomic E-state index is 0.241. The molecule has 14 heavy (non-hydrogen) atoms. The predicted octanol–water partition coefficient (Wildman–Crippen LogP) is -0.761. The topological polar surface area (TPSA) is 24.8 Å². The second-order valence-electron chi connectivity index (χ2n) is 4.22. The van der Waals surface area contributed by atoms with Crippen LogP contribution in [0.25, 0.3) is 0 Å². The summed E-state index contributed by atoms with van der Waals surface area (Å²) >= 11 is 2.08. The Bertz CT molecular complexity index is 208. The van der Waals surface area contributed by atoms with E-state index in [0.717, 1.165) is 32.2 Å². The number of hydrogen-bond acceptors (Lipinski definition) is 2. The number of carbonyl (C=O) groups excluding carboxylic acids is 1. The largest absolute Gasteiger partial charge is 0.332 e. The highest BCUT2D eigenvalue weighted by Gasteiger charge is 2.30. The van der Waals surface area contributed by atoms with Gasteiger partial charge < -0.3 is 9.80 Å². The summed E-state index contributed by atoms with van der Waals surface area (Å²) in [5.74, 6) is 2.91. The summed E-state index contributed by atoms with van der Waals surface area (Å²) in [6, 6.07) is 0.870. The van der Waals surface area contributed by atoms with Crippen molar-refractivity contribution in [3.05, 3.63) is 0 Å². The van der Waals surface area contributed by atoms with Crippen LogP contribution in [0.3, 0.4) is 0 Å². The third kappa shape index (κ3) is 2.23. The first-order chi connectivity index (χ1) is 6.77. The lowest BCUT2D eigenvalue weighted by Gasteiger charge is -2.34. The van der Waals surface area contributed by atoms with Crippen molar-refractivity contribution in [1.82, 2.24) is 4.90 Å². The maximum Gasteiger partial charge on any atom is 0.219 e. The van der Waals surface area contributed by atoms with E-state index >= 15 is 0 Å². The van der Waals surface area contributed by atoms with Gasteiger partial charge in [0.15, 0.2) is 0 Å². The van der Waals surface area contributed by atoms with Crippen molar-refractivity contribution in [2.45, 2.75) is 19.4 Å². The molecule has 3 nitrogen and oxygen atoms in total. The molecule has 1 atom stereocenters. The van der Waals surface area contributed by atoms with Gasteiger partial charge in [0, 0.05) is 19.1 Å². The minimum absolute atomic E-state index is 0.241. The van der Waals surface area contributed by atoms with E-state index in [1.807, 2.05) is 4.90 Å². The number of carbonyl (C=O) groups is 1. The van der Waals surface area contributed by atoms with Gasteiger partial charge in [-0.2, -0.15) is 11.8 Å². The van der Waals surface area contributed by atoms with Gasteiger partial charge in [-0.25, -0.2) is 0 Å². The van der Waals surface area contributed by atoms with E-state index in [4.69, 9.17) is 0 Å². The van der Waals surface area contributed by atoms with E-state index in [-0.39, 0.29) is 5.91 Å². The molecule has 0 aromatic heterocycles. The molecule has 2 heterocycles. The average Bonchev–Trinajstić information content (AvgIpc) is 2.71. The van der Waals surface area contributed by atoms with Crippen LogP contribution >= 0.6 is 11.8 Å². The van der Waals surface area contributed by atoms with Crippen LogP contribution in [-0.4, -0.2) is 54.5 Å². The van der Waals surface area contributed by atoms with Crippen molar-refractivity contribution in [1.29, 1.82) is 0 Å². The van der Waals surface area contributed by atoms with Crippen LogP contribution in [0.4, 0.5) is 0 Å². The molecule has 0 spiro atoms. The molecular formula is C10H19N2OS+. The van der Waals surface area contributed by atoms with E-state index in [0.29, 0.717) is 0 Å². The molecule has 0 aromatic carbocycles. The van der Waals surface area contributed by atoms with Crippen molar-refractivity contribution in [3.63, 3.8) is 0 Å². The number of piperazine rings is 1. The molecule has 1 amide bonds. The molecule has 1 N–H and O–H groups in total. The first-order valence-corrected chi connectivity index (χ1v) is 6.60. The summed E-state index contributed by atoms with van der Waals surface area (Å²) in [5, 5.41) is 0. The Morgan fingerprint density at radius 2 is 2.14 bits per heavy atom. The summed E-state index contributed by atoms with van der Waals surface area (Å²) in [6.45, 7) is 5.92. The zero-order valence-electron chi connectivity index (χ0n) is 8.79. The van der Waals surface area contributed by atoms with Gasteiger partial charge in [-0.3, -0.25) is 4.79 Å². The van der Waals surface area contributed by atoms with E-state index in [2.05, 4.69) is 11.8 Å². The van der Waals surface area contributed by atoms with Gasteiger partial charge in [0.1, 0.15) is 0 Å². The van der Waals surface area contributed by atoms with Crippen molar-refractivity contribution in [3.8, 4) is 0 Å². The fraction of sp³-hybridized carbons (Fsp3) is 0.900. The molecule has 0 bridgehead atoms. The first-order valence-electron chi connectivity index (χ1n) is 5.45. The molecule has 4 heteroatoms. The van der Waals surface area contributed by atoms with Gasteiger partial charge in [-0.15, -0.1) is 0 Å². The predicted molar refractivity (Wildman–Crippen MR) is 58.7 cm³/mol. The van der Waals surface area contributed by atoms with Crippen LogP contribution in [0.5, 0.6) is 0 Å². The van der Waals surface area contributed by atoms with Gasteiger partial charge in [-0.05, 0) is 5.75 Å². The SMILES string of the molecule is CC(=O)N1CC[NH+]([C@@H]2CCSC2)CC1. The Hall–Kier alpha value is -0.220. The molecule has 2 fully saturated rings. The summed E-state index contributed by atoms with van der Waals surface area (Å²) in [4.78, 5) is 14.8. The highest BCUT2D eigenvalue weighted by molar-refractivity contribution is 7.99. The third-order valence-corrected chi connectivity index (χ3v) is 4.52. The summed E-state index contributed by atoms with van der Waals surface area (Å²) in [7, 11) is 0. The molecule has 2 aliphatic heterocycles. The molecule has 0 aliphatic carbocycles. The maximum absolute atomic E-state index is 11.1. The summed E-state index contributed by atoms with van der Waals surface area (Å²) < 4.78 is 0. The number of quaternary nitrogens is 1. The third-order valence-electron chi connectivity index (χ3n) is 3.36.